The average molecular weight is 381 g/mol. The predicted octanol–water partition coefficient (Wildman–Crippen LogP) is 3.82. The van der Waals surface area contributed by atoms with Crippen LogP contribution in [0, 0.1) is 0 Å². The van der Waals surface area contributed by atoms with Gasteiger partial charge >= 0.3 is 5.97 Å². The maximum atomic E-state index is 11.3. The van der Waals surface area contributed by atoms with Crippen molar-refractivity contribution in [2.75, 3.05) is 0 Å². The molecule has 0 fully saturated rings. The van der Waals surface area contributed by atoms with Gasteiger partial charge in [0.1, 0.15) is 6.10 Å². The summed E-state index contributed by atoms with van der Waals surface area (Å²) < 4.78 is 12.4. The second-order valence-corrected chi connectivity index (χ2v) is 12.3. The van der Waals surface area contributed by atoms with Gasteiger partial charge in [0.15, 0.2) is 0 Å². The molecule has 0 bridgehead atoms. The van der Waals surface area contributed by atoms with Gasteiger partial charge in [0.2, 0.25) is 0 Å². The van der Waals surface area contributed by atoms with Gasteiger partial charge in [0.25, 0.3) is 8.32 Å². The summed E-state index contributed by atoms with van der Waals surface area (Å²) in [5.74, 6) is -0.254. The van der Waals surface area contributed by atoms with Crippen LogP contribution in [-0.4, -0.2) is 26.5 Å². The molecule has 0 N–H and O–H groups in total. The van der Waals surface area contributed by atoms with E-state index in [1.165, 1.54) is 17.3 Å². The number of hydrogen-bond acceptors (Lipinski definition) is 3. The standard InChI is InChI=1S/C23H28O3Si/c1-18(24)25-19-15-16-20(17-19)26-27(23(2,3)4,21-11-7-5-8-12-21)22-13-9-6-10-14-22/h5-16,19-20H,17H2,1-4H3. The third-order valence-electron chi connectivity index (χ3n) is 5.07. The van der Waals surface area contributed by atoms with Crippen molar-refractivity contribution >= 4 is 24.7 Å². The van der Waals surface area contributed by atoms with Crippen molar-refractivity contribution in [2.24, 2.45) is 0 Å². The van der Waals surface area contributed by atoms with E-state index in [1.807, 2.05) is 24.3 Å². The lowest BCUT2D eigenvalue weighted by molar-refractivity contribution is -0.144. The second-order valence-electron chi connectivity index (χ2n) is 8.09. The van der Waals surface area contributed by atoms with Crippen LogP contribution in [0.3, 0.4) is 0 Å². The van der Waals surface area contributed by atoms with Crippen LogP contribution in [0.5, 0.6) is 0 Å². The van der Waals surface area contributed by atoms with Crippen LogP contribution in [0.4, 0.5) is 0 Å². The highest BCUT2D eigenvalue weighted by atomic mass is 28.4. The van der Waals surface area contributed by atoms with Gasteiger partial charge in [0.05, 0.1) is 6.10 Å². The summed E-state index contributed by atoms with van der Waals surface area (Å²) in [5.41, 5.74) is 0. The number of rotatable bonds is 5. The lowest BCUT2D eigenvalue weighted by Crippen LogP contribution is -2.67. The molecule has 142 valence electrons. The molecule has 2 aromatic carbocycles. The predicted molar refractivity (Wildman–Crippen MR) is 112 cm³/mol. The van der Waals surface area contributed by atoms with Gasteiger partial charge in [-0.2, -0.15) is 0 Å². The van der Waals surface area contributed by atoms with E-state index < -0.39 is 8.32 Å². The molecular weight excluding hydrogens is 352 g/mol. The minimum absolute atomic E-state index is 0.0664. The Morgan fingerprint density at radius 1 is 0.889 bits per heavy atom. The number of carbonyl (C=O) groups excluding carboxylic acids is 1. The maximum absolute atomic E-state index is 11.3. The number of ether oxygens (including phenoxy) is 1. The van der Waals surface area contributed by atoms with E-state index in [9.17, 15) is 4.79 Å². The zero-order chi connectivity index (χ0) is 19.5. The van der Waals surface area contributed by atoms with E-state index in [2.05, 4.69) is 69.3 Å². The van der Waals surface area contributed by atoms with Crippen molar-refractivity contribution in [3.63, 3.8) is 0 Å². The van der Waals surface area contributed by atoms with E-state index in [1.54, 1.807) is 0 Å². The Labute approximate surface area is 163 Å². The highest BCUT2D eigenvalue weighted by molar-refractivity contribution is 6.99. The number of hydrogen-bond donors (Lipinski definition) is 0. The molecule has 2 atom stereocenters. The molecule has 3 nitrogen and oxygen atoms in total. The topological polar surface area (TPSA) is 35.5 Å². The van der Waals surface area contributed by atoms with Crippen LogP contribution >= 0.6 is 0 Å². The third kappa shape index (κ3) is 4.07. The maximum Gasteiger partial charge on any atom is 0.303 e. The molecule has 27 heavy (non-hydrogen) atoms. The summed E-state index contributed by atoms with van der Waals surface area (Å²) in [6.07, 6.45) is 4.40. The summed E-state index contributed by atoms with van der Waals surface area (Å²) in [7, 11) is -2.58. The minimum Gasteiger partial charge on any atom is -0.458 e. The Morgan fingerprint density at radius 2 is 1.37 bits per heavy atom. The molecule has 0 amide bonds. The molecule has 0 radical (unpaired) electrons. The number of benzene rings is 2. The molecule has 0 heterocycles. The molecule has 1 aliphatic carbocycles. The van der Waals surface area contributed by atoms with Crippen LogP contribution in [0.25, 0.3) is 0 Å². The molecule has 2 aromatic rings. The smallest absolute Gasteiger partial charge is 0.303 e. The Kier molecular flexibility index (Phi) is 5.68. The molecule has 0 aromatic heterocycles. The first kappa shape index (κ1) is 19.6. The molecule has 0 saturated heterocycles. The van der Waals surface area contributed by atoms with Crippen molar-refractivity contribution in [2.45, 2.75) is 51.4 Å². The summed E-state index contributed by atoms with van der Waals surface area (Å²) in [5, 5.41) is 2.45. The normalized spacial score (nSPS) is 19.9. The summed E-state index contributed by atoms with van der Waals surface area (Å²) in [6.45, 7) is 8.24. The highest BCUT2D eigenvalue weighted by Gasteiger charge is 2.51. The van der Waals surface area contributed by atoms with Gasteiger partial charge in [-0.3, -0.25) is 4.79 Å². The first-order valence-corrected chi connectivity index (χ1v) is 11.4. The van der Waals surface area contributed by atoms with Crippen molar-refractivity contribution in [1.82, 2.24) is 0 Å². The number of esters is 1. The van der Waals surface area contributed by atoms with Gasteiger partial charge in [-0.25, -0.2) is 0 Å². The van der Waals surface area contributed by atoms with Crippen LogP contribution < -0.4 is 10.4 Å². The van der Waals surface area contributed by atoms with Crippen molar-refractivity contribution in [3.05, 3.63) is 72.8 Å². The van der Waals surface area contributed by atoms with Crippen LogP contribution in [0.2, 0.25) is 5.04 Å². The van der Waals surface area contributed by atoms with Crippen molar-refractivity contribution in [1.29, 1.82) is 0 Å². The van der Waals surface area contributed by atoms with Gasteiger partial charge in [-0.1, -0.05) is 87.5 Å². The van der Waals surface area contributed by atoms with E-state index in [-0.39, 0.29) is 23.2 Å². The quantitative estimate of drug-likeness (QED) is 0.449. The first-order valence-electron chi connectivity index (χ1n) is 9.47. The summed E-state index contributed by atoms with van der Waals surface area (Å²) in [6, 6.07) is 21.2. The molecular formula is C23H28O3Si. The first-order chi connectivity index (χ1) is 12.8. The largest absolute Gasteiger partial charge is 0.458 e. The lowest BCUT2D eigenvalue weighted by Gasteiger charge is -2.44. The number of carbonyl (C=O) groups is 1. The van der Waals surface area contributed by atoms with Crippen molar-refractivity contribution in [3.8, 4) is 0 Å². The average Bonchev–Trinajstić information content (AvgIpc) is 3.06. The Hall–Kier alpha value is -2.17. The van der Waals surface area contributed by atoms with E-state index in [4.69, 9.17) is 9.16 Å². The van der Waals surface area contributed by atoms with E-state index in [0.29, 0.717) is 6.42 Å². The molecule has 0 aliphatic heterocycles. The molecule has 1 aliphatic rings. The van der Waals surface area contributed by atoms with Gasteiger partial charge in [-0.05, 0) is 21.5 Å². The van der Waals surface area contributed by atoms with Crippen LogP contribution in [0.1, 0.15) is 34.1 Å². The van der Waals surface area contributed by atoms with Gasteiger partial charge in [-0.15, -0.1) is 0 Å². The Morgan fingerprint density at radius 3 is 1.81 bits per heavy atom. The molecule has 3 rings (SSSR count). The van der Waals surface area contributed by atoms with E-state index in [0.717, 1.165) is 0 Å². The fourth-order valence-corrected chi connectivity index (χ4v) is 8.58. The van der Waals surface area contributed by atoms with Gasteiger partial charge < -0.3 is 9.16 Å². The third-order valence-corrected chi connectivity index (χ3v) is 10.1. The SMILES string of the molecule is CC(=O)OC1C=CC(O[Si](c2ccccc2)(c2ccccc2)C(C)(C)C)C1. The summed E-state index contributed by atoms with van der Waals surface area (Å²) >= 11 is 0. The molecule has 0 spiro atoms. The molecule has 0 saturated carbocycles. The molecule has 2 unspecified atom stereocenters. The van der Waals surface area contributed by atoms with Crippen LogP contribution in [-0.2, 0) is 14.0 Å². The molecule has 4 heteroatoms. The van der Waals surface area contributed by atoms with Gasteiger partial charge in [0, 0.05) is 13.3 Å². The fourth-order valence-electron chi connectivity index (χ4n) is 3.94. The minimum atomic E-state index is -2.58. The Bertz CT molecular complexity index is 754. The van der Waals surface area contributed by atoms with Crippen LogP contribution in [0.15, 0.2) is 72.8 Å². The zero-order valence-corrected chi connectivity index (χ0v) is 17.5. The monoisotopic (exact) mass is 380 g/mol. The Balaban J connectivity index is 2.03. The summed E-state index contributed by atoms with van der Waals surface area (Å²) in [4.78, 5) is 11.3. The second kappa shape index (κ2) is 7.83. The lowest BCUT2D eigenvalue weighted by atomic mass is 10.2. The van der Waals surface area contributed by atoms with Crippen molar-refractivity contribution < 1.29 is 14.0 Å². The highest BCUT2D eigenvalue weighted by Crippen LogP contribution is 2.38. The fraction of sp³-hybridized carbons (Fsp3) is 0.348. The van der Waals surface area contributed by atoms with E-state index >= 15 is 0 Å². The zero-order valence-electron chi connectivity index (χ0n) is 16.5.